The molecule has 1 aliphatic rings. The van der Waals surface area contributed by atoms with Gasteiger partial charge in [0.25, 0.3) is 0 Å². The molecule has 0 bridgehead atoms. The van der Waals surface area contributed by atoms with Crippen molar-refractivity contribution in [2.24, 2.45) is 5.92 Å². The average molecular weight is 388 g/mol. The van der Waals surface area contributed by atoms with Crippen molar-refractivity contribution < 1.29 is 13.2 Å². The van der Waals surface area contributed by atoms with Crippen molar-refractivity contribution in [3.05, 3.63) is 60.4 Å². The zero-order valence-corrected chi connectivity index (χ0v) is 16.1. The number of pyridine rings is 1. The lowest BCUT2D eigenvalue weighted by Crippen LogP contribution is -2.44. The first-order chi connectivity index (χ1) is 13.0. The summed E-state index contributed by atoms with van der Waals surface area (Å²) in [5.74, 6) is -0.367. The summed E-state index contributed by atoms with van der Waals surface area (Å²) in [6, 6.07) is 13.4. The molecule has 0 saturated carbocycles. The highest BCUT2D eigenvalue weighted by Gasteiger charge is 2.32. The van der Waals surface area contributed by atoms with Crippen LogP contribution in [0.2, 0.25) is 0 Å². The Morgan fingerprint density at radius 3 is 2.74 bits per heavy atom. The topological polar surface area (TPSA) is 79.4 Å². The van der Waals surface area contributed by atoms with Crippen LogP contribution in [0.3, 0.4) is 0 Å². The molecule has 0 radical (unpaired) electrons. The normalized spacial score (nSPS) is 18.1. The second kappa shape index (κ2) is 9.10. The van der Waals surface area contributed by atoms with E-state index in [0.717, 1.165) is 12.0 Å². The number of aryl methyl sites for hydroxylation is 1. The molecule has 3 rings (SSSR count). The van der Waals surface area contributed by atoms with E-state index in [1.165, 1.54) is 4.31 Å². The van der Waals surface area contributed by atoms with Gasteiger partial charge < -0.3 is 5.32 Å². The summed E-state index contributed by atoms with van der Waals surface area (Å²) in [7, 11) is -3.35. The van der Waals surface area contributed by atoms with Gasteiger partial charge in [0, 0.05) is 19.3 Å². The van der Waals surface area contributed by atoms with E-state index in [1.54, 1.807) is 24.5 Å². The number of carbonyl (C=O) groups is 1. The Morgan fingerprint density at radius 1 is 1.19 bits per heavy atom. The zero-order chi connectivity index (χ0) is 19.1. The van der Waals surface area contributed by atoms with E-state index in [9.17, 15) is 13.2 Å². The first-order valence-electron chi connectivity index (χ1n) is 9.27. The van der Waals surface area contributed by atoms with E-state index in [0.29, 0.717) is 31.5 Å². The number of anilines is 1. The quantitative estimate of drug-likeness (QED) is 0.792. The second-order valence-corrected chi connectivity index (χ2v) is 8.92. The van der Waals surface area contributed by atoms with Crippen molar-refractivity contribution in [3.63, 3.8) is 0 Å². The molecule has 0 aliphatic carbocycles. The number of nitrogens with one attached hydrogen (secondary N) is 1. The molecule has 6 nitrogen and oxygen atoms in total. The van der Waals surface area contributed by atoms with Gasteiger partial charge in [-0.3, -0.25) is 9.78 Å². The van der Waals surface area contributed by atoms with Gasteiger partial charge in [0.1, 0.15) is 0 Å². The van der Waals surface area contributed by atoms with Crippen LogP contribution >= 0.6 is 0 Å². The van der Waals surface area contributed by atoms with Gasteiger partial charge >= 0.3 is 0 Å². The number of amides is 1. The molecule has 2 heterocycles. The Kier molecular flexibility index (Phi) is 6.58. The van der Waals surface area contributed by atoms with Crippen LogP contribution in [-0.4, -0.2) is 42.5 Å². The molecule has 1 N–H and O–H groups in total. The number of piperidine rings is 1. The van der Waals surface area contributed by atoms with Crippen LogP contribution < -0.4 is 5.32 Å². The predicted molar refractivity (Wildman–Crippen MR) is 106 cm³/mol. The molecule has 1 amide bonds. The van der Waals surface area contributed by atoms with Gasteiger partial charge in [-0.1, -0.05) is 30.3 Å². The summed E-state index contributed by atoms with van der Waals surface area (Å²) in [6.07, 6.45) is 5.93. The van der Waals surface area contributed by atoms with E-state index in [1.807, 2.05) is 30.3 Å². The van der Waals surface area contributed by atoms with Crippen LogP contribution in [0.15, 0.2) is 54.9 Å². The first kappa shape index (κ1) is 19.5. The molecule has 144 valence electrons. The molecule has 2 aromatic rings. The van der Waals surface area contributed by atoms with Crippen molar-refractivity contribution in [1.82, 2.24) is 9.29 Å². The maximum Gasteiger partial charge on any atom is 0.228 e. The smallest absolute Gasteiger partial charge is 0.228 e. The monoisotopic (exact) mass is 387 g/mol. The Morgan fingerprint density at radius 2 is 2.00 bits per heavy atom. The average Bonchev–Trinajstić information content (AvgIpc) is 2.69. The lowest BCUT2D eigenvalue weighted by Gasteiger charge is -2.31. The molecule has 1 atom stereocenters. The third kappa shape index (κ3) is 5.61. The summed E-state index contributed by atoms with van der Waals surface area (Å²) in [6.45, 7) is 0.740. The molecular formula is C20H25N3O3S. The lowest BCUT2D eigenvalue weighted by molar-refractivity contribution is -0.120. The fourth-order valence-corrected chi connectivity index (χ4v) is 4.90. The SMILES string of the molecule is O=C(Nc1cccnc1)[C@H]1CCCN(S(=O)(=O)CCCc2ccccc2)C1. The zero-order valence-electron chi connectivity index (χ0n) is 15.3. The maximum atomic E-state index is 12.7. The number of hydrogen-bond donors (Lipinski definition) is 1. The van der Waals surface area contributed by atoms with Crippen LogP contribution in [0.5, 0.6) is 0 Å². The summed E-state index contributed by atoms with van der Waals surface area (Å²) in [4.78, 5) is 16.5. The van der Waals surface area contributed by atoms with Gasteiger partial charge in [0.05, 0.1) is 23.6 Å². The van der Waals surface area contributed by atoms with Gasteiger partial charge in [0.15, 0.2) is 0 Å². The Balaban J connectivity index is 1.53. The molecule has 0 spiro atoms. The molecule has 0 unspecified atom stereocenters. The van der Waals surface area contributed by atoms with Crippen molar-refractivity contribution in [1.29, 1.82) is 0 Å². The van der Waals surface area contributed by atoms with Crippen LogP contribution in [0, 0.1) is 5.92 Å². The summed E-state index contributed by atoms with van der Waals surface area (Å²) in [5.41, 5.74) is 1.77. The van der Waals surface area contributed by atoms with E-state index in [-0.39, 0.29) is 24.1 Å². The van der Waals surface area contributed by atoms with E-state index >= 15 is 0 Å². The third-order valence-electron chi connectivity index (χ3n) is 4.79. The Labute approximate surface area is 160 Å². The van der Waals surface area contributed by atoms with E-state index < -0.39 is 10.0 Å². The predicted octanol–water partition coefficient (Wildman–Crippen LogP) is 2.69. The highest BCUT2D eigenvalue weighted by Crippen LogP contribution is 2.21. The molecule has 1 aliphatic heterocycles. The number of benzene rings is 1. The van der Waals surface area contributed by atoms with Crippen LogP contribution in [0.25, 0.3) is 0 Å². The number of sulfonamides is 1. The van der Waals surface area contributed by atoms with Crippen LogP contribution in [0.4, 0.5) is 5.69 Å². The largest absolute Gasteiger partial charge is 0.324 e. The van der Waals surface area contributed by atoms with Crippen LogP contribution in [-0.2, 0) is 21.2 Å². The van der Waals surface area contributed by atoms with E-state index in [4.69, 9.17) is 0 Å². The molecule has 1 fully saturated rings. The number of carbonyl (C=O) groups excluding carboxylic acids is 1. The van der Waals surface area contributed by atoms with Gasteiger partial charge in [-0.05, 0) is 43.4 Å². The second-order valence-electron chi connectivity index (χ2n) is 6.83. The highest BCUT2D eigenvalue weighted by molar-refractivity contribution is 7.89. The molecule has 7 heteroatoms. The summed E-state index contributed by atoms with van der Waals surface area (Å²) >= 11 is 0. The van der Waals surface area contributed by atoms with Gasteiger partial charge in [0.2, 0.25) is 15.9 Å². The lowest BCUT2D eigenvalue weighted by atomic mass is 9.99. The number of hydrogen-bond acceptors (Lipinski definition) is 4. The molecular weight excluding hydrogens is 362 g/mol. The highest BCUT2D eigenvalue weighted by atomic mass is 32.2. The van der Waals surface area contributed by atoms with Gasteiger partial charge in [-0.15, -0.1) is 0 Å². The maximum absolute atomic E-state index is 12.7. The van der Waals surface area contributed by atoms with Gasteiger partial charge in [-0.25, -0.2) is 12.7 Å². The molecule has 1 aromatic carbocycles. The van der Waals surface area contributed by atoms with Crippen molar-refractivity contribution >= 4 is 21.6 Å². The van der Waals surface area contributed by atoms with Gasteiger partial charge in [-0.2, -0.15) is 0 Å². The van der Waals surface area contributed by atoms with E-state index in [2.05, 4.69) is 10.3 Å². The molecule has 1 saturated heterocycles. The summed E-state index contributed by atoms with van der Waals surface area (Å²) < 4.78 is 26.9. The van der Waals surface area contributed by atoms with Crippen LogP contribution in [0.1, 0.15) is 24.8 Å². The fourth-order valence-electron chi connectivity index (χ4n) is 3.32. The minimum atomic E-state index is -3.35. The standard InChI is InChI=1S/C20H25N3O3S/c24-20(22-19-11-4-12-21-15-19)18-10-5-13-23(16-18)27(25,26)14-6-9-17-7-2-1-3-8-17/h1-4,7-8,11-12,15,18H,5-6,9-10,13-14,16H2,(H,22,24)/t18-/m0/s1. The molecule has 1 aromatic heterocycles. The fraction of sp³-hybridized carbons (Fsp3) is 0.400. The molecule has 27 heavy (non-hydrogen) atoms. The summed E-state index contributed by atoms with van der Waals surface area (Å²) in [5, 5.41) is 2.83. The van der Waals surface area contributed by atoms with Crippen molar-refractivity contribution in [2.75, 3.05) is 24.2 Å². The number of rotatable bonds is 7. The van der Waals surface area contributed by atoms with Crippen molar-refractivity contribution in [2.45, 2.75) is 25.7 Å². The minimum Gasteiger partial charge on any atom is -0.324 e. The Bertz CT molecular complexity index is 841. The Hall–Kier alpha value is -2.25. The van der Waals surface area contributed by atoms with Crippen molar-refractivity contribution in [3.8, 4) is 0 Å². The first-order valence-corrected chi connectivity index (χ1v) is 10.9. The minimum absolute atomic E-state index is 0.110. The number of nitrogens with zero attached hydrogens (tertiary/aromatic N) is 2. The number of aromatic nitrogens is 1. The third-order valence-corrected chi connectivity index (χ3v) is 6.71.